The molecule has 6 nitrogen and oxygen atoms in total. The van der Waals surface area contributed by atoms with Crippen LogP contribution in [0.15, 0.2) is 29.6 Å². The molecule has 112 valence electrons. The van der Waals surface area contributed by atoms with Crippen LogP contribution in [0.3, 0.4) is 0 Å². The van der Waals surface area contributed by atoms with Gasteiger partial charge in [0.25, 0.3) is 0 Å². The number of urea groups is 1. The SMILES string of the molecule is CC[C@@](C)(O)CNC(=O)Nc1ccc(-c2csnn2)cc1. The summed E-state index contributed by atoms with van der Waals surface area (Å²) in [6.07, 6.45) is 0.573. The van der Waals surface area contributed by atoms with Crippen LogP contribution in [-0.4, -0.2) is 32.9 Å². The van der Waals surface area contributed by atoms with E-state index in [1.54, 1.807) is 19.1 Å². The Labute approximate surface area is 127 Å². The zero-order chi connectivity index (χ0) is 15.3. The van der Waals surface area contributed by atoms with Gasteiger partial charge in [0.2, 0.25) is 0 Å². The average Bonchev–Trinajstić information content (AvgIpc) is 3.00. The average molecular weight is 306 g/mol. The van der Waals surface area contributed by atoms with Crippen LogP contribution in [0.1, 0.15) is 20.3 Å². The molecule has 1 aromatic carbocycles. The van der Waals surface area contributed by atoms with E-state index < -0.39 is 5.60 Å². The Bertz CT molecular complexity index is 582. The second kappa shape index (κ2) is 6.64. The van der Waals surface area contributed by atoms with Crippen molar-refractivity contribution in [1.29, 1.82) is 0 Å². The molecule has 7 heteroatoms. The summed E-state index contributed by atoms with van der Waals surface area (Å²) >= 11 is 1.30. The summed E-state index contributed by atoms with van der Waals surface area (Å²) in [7, 11) is 0. The number of carbonyl (C=O) groups excluding carboxylic acids is 1. The number of nitrogens with zero attached hydrogens (tertiary/aromatic N) is 2. The van der Waals surface area contributed by atoms with E-state index >= 15 is 0 Å². The quantitative estimate of drug-likeness (QED) is 0.792. The fourth-order valence-corrected chi connectivity index (χ4v) is 2.05. The van der Waals surface area contributed by atoms with Crippen molar-refractivity contribution >= 4 is 23.3 Å². The van der Waals surface area contributed by atoms with E-state index in [0.717, 1.165) is 11.3 Å². The standard InChI is InChI=1S/C14H18N4O2S/c1-3-14(2,20)9-15-13(19)16-11-6-4-10(5-7-11)12-8-21-18-17-12/h4-8,20H,3,9H2,1-2H3,(H2,15,16,19)/t14-/m1/s1. The minimum absolute atomic E-state index is 0.206. The normalized spacial score (nSPS) is 13.5. The molecule has 21 heavy (non-hydrogen) atoms. The molecule has 0 aliphatic heterocycles. The van der Waals surface area contributed by atoms with Crippen molar-refractivity contribution in [2.24, 2.45) is 0 Å². The Kier molecular flexibility index (Phi) is 4.87. The Morgan fingerprint density at radius 3 is 2.67 bits per heavy atom. The van der Waals surface area contributed by atoms with E-state index in [0.29, 0.717) is 12.1 Å². The zero-order valence-electron chi connectivity index (χ0n) is 12.0. The largest absolute Gasteiger partial charge is 0.388 e. The molecular weight excluding hydrogens is 288 g/mol. The number of benzene rings is 1. The van der Waals surface area contributed by atoms with Crippen LogP contribution >= 0.6 is 11.5 Å². The number of nitrogens with one attached hydrogen (secondary N) is 2. The van der Waals surface area contributed by atoms with E-state index in [9.17, 15) is 9.90 Å². The maximum atomic E-state index is 11.7. The number of anilines is 1. The number of carbonyl (C=O) groups is 1. The first kappa shape index (κ1) is 15.4. The number of aliphatic hydroxyl groups is 1. The second-order valence-corrected chi connectivity index (χ2v) is 5.64. The van der Waals surface area contributed by atoms with Gasteiger partial charge in [-0.05, 0) is 37.0 Å². The van der Waals surface area contributed by atoms with Gasteiger partial charge in [0.15, 0.2) is 0 Å². The molecule has 0 fully saturated rings. The van der Waals surface area contributed by atoms with Crippen molar-refractivity contribution in [2.75, 3.05) is 11.9 Å². The number of rotatable bonds is 5. The van der Waals surface area contributed by atoms with Crippen LogP contribution in [0.5, 0.6) is 0 Å². The lowest BCUT2D eigenvalue weighted by molar-refractivity contribution is 0.0587. The van der Waals surface area contributed by atoms with E-state index in [1.165, 1.54) is 11.5 Å². The van der Waals surface area contributed by atoms with Gasteiger partial charge in [-0.2, -0.15) is 0 Å². The third kappa shape index (κ3) is 4.51. The molecule has 0 radical (unpaired) electrons. The second-order valence-electron chi connectivity index (χ2n) is 5.03. The predicted octanol–water partition coefficient (Wildman–Crippen LogP) is 2.49. The maximum Gasteiger partial charge on any atom is 0.319 e. The highest BCUT2D eigenvalue weighted by molar-refractivity contribution is 7.03. The summed E-state index contributed by atoms with van der Waals surface area (Å²) in [5.41, 5.74) is 1.55. The Hall–Kier alpha value is -1.99. The smallest absolute Gasteiger partial charge is 0.319 e. The molecule has 1 atom stereocenters. The summed E-state index contributed by atoms with van der Waals surface area (Å²) in [4.78, 5) is 11.7. The summed E-state index contributed by atoms with van der Waals surface area (Å²) < 4.78 is 3.81. The fourth-order valence-electron chi connectivity index (χ4n) is 1.59. The molecule has 0 aliphatic carbocycles. The first-order chi connectivity index (χ1) is 10.00. The summed E-state index contributed by atoms with van der Waals surface area (Å²) in [5, 5.41) is 21.0. The molecule has 0 saturated heterocycles. The van der Waals surface area contributed by atoms with Crippen molar-refractivity contribution in [3.8, 4) is 11.3 Å². The topological polar surface area (TPSA) is 87.1 Å². The third-order valence-electron chi connectivity index (χ3n) is 3.19. The molecule has 3 N–H and O–H groups in total. The van der Waals surface area contributed by atoms with Gasteiger partial charge >= 0.3 is 6.03 Å². The van der Waals surface area contributed by atoms with Crippen molar-refractivity contribution in [2.45, 2.75) is 25.9 Å². The highest BCUT2D eigenvalue weighted by Gasteiger charge is 2.18. The molecule has 0 aliphatic rings. The van der Waals surface area contributed by atoms with E-state index in [-0.39, 0.29) is 12.6 Å². The van der Waals surface area contributed by atoms with E-state index in [1.807, 2.05) is 24.4 Å². The number of amides is 2. The van der Waals surface area contributed by atoms with Gasteiger partial charge in [0.05, 0.1) is 5.60 Å². The van der Waals surface area contributed by atoms with Gasteiger partial charge < -0.3 is 15.7 Å². The molecule has 2 aromatic rings. The molecule has 2 rings (SSSR count). The molecule has 0 saturated carbocycles. The van der Waals surface area contributed by atoms with Gasteiger partial charge in [0, 0.05) is 23.2 Å². The van der Waals surface area contributed by atoms with Crippen molar-refractivity contribution < 1.29 is 9.90 Å². The first-order valence-corrected chi connectivity index (χ1v) is 7.48. The highest BCUT2D eigenvalue weighted by Crippen LogP contribution is 2.20. The summed E-state index contributed by atoms with van der Waals surface area (Å²) in [6, 6.07) is 6.99. The first-order valence-electron chi connectivity index (χ1n) is 6.65. The minimum Gasteiger partial charge on any atom is -0.388 e. The Morgan fingerprint density at radius 2 is 2.10 bits per heavy atom. The molecule has 0 unspecified atom stereocenters. The maximum absolute atomic E-state index is 11.7. The van der Waals surface area contributed by atoms with Crippen molar-refractivity contribution in [3.63, 3.8) is 0 Å². The zero-order valence-corrected chi connectivity index (χ0v) is 12.8. The van der Waals surface area contributed by atoms with Crippen molar-refractivity contribution in [3.05, 3.63) is 29.6 Å². The number of hydrogen-bond acceptors (Lipinski definition) is 5. The van der Waals surface area contributed by atoms with Gasteiger partial charge in [-0.3, -0.25) is 0 Å². The van der Waals surface area contributed by atoms with Gasteiger partial charge in [-0.25, -0.2) is 4.79 Å². The summed E-state index contributed by atoms with van der Waals surface area (Å²) in [6.45, 7) is 3.76. The van der Waals surface area contributed by atoms with Crippen molar-refractivity contribution in [1.82, 2.24) is 14.9 Å². The van der Waals surface area contributed by atoms with Crippen LogP contribution in [0.25, 0.3) is 11.3 Å². The molecule has 0 spiro atoms. The fraction of sp³-hybridized carbons (Fsp3) is 0.357. The summed E-state index contributed by atoms with van der Waals surface area (Å²) in [5.74, 6) is 0. The number of hydrogen-bond donors (Lipinski definition) is 3. The predicted molar refractivity (Wildman–Crippen MR) is 83.3 cm³/mol. The molecule has 1 heterocycles. The van der Waals surface area contributed by atoms with Crippen LogP contribution in [0.4, 0.5) is 10.5 Å². The third-order valence-corrected chi connectivity index (χ3v) is 3.69. The monoisotopic (exact) mass is 306 g/mol. The lowest BCUT2D eigenvalue weighted by Gasteiger charge is -2.21. The number of aromatic nitrogens is 2. The highest BCUT2D eigenvalue weighted by atomic mass is 32.1. The van der Waals surface area contributed by atoms with Gasteiger partial charge in [-0.1, -0.05) is 23.5 Å². The van der Waals surface area contributed by atoms with E-state index in [2.05, 4.69) is 20.2 Å². The van der Waals surface area contributed by atoms with Gasteiger partial charge in [-0.15, -0.1) is 5.10 Å². The van der Waals surface area contributed by atoms with Crippen LogP contribution in [-0.2, 0) is 0 Å². The van der Waals surface area contributed by atoms with E-state index in [4.69, 9.17) is 0 Å². The Morgan fingerprint density at radius 1 is 1.38 bits per heavy atom. The van der Waals surface area contributed by atoms with Crippen LogP contribution < -0.4 is 10.6 Å². The Balaban J connectivity index is 1.90. The lowest BCUT2D eigenvalue weighted by atomic mass is 10.0. The van der Waals surface area contributed by atoms with Gasteiger partial charge in [0.1, 0.15) is 5.69 Å². The lowest BCUT2D eigenvalue weighted by Crippen LogP contribution is -2.41. The molecule has 2 amide bonds. The minimum atomic E-state index is -0.890. The molecular formula is C14H18N4O2S. The van der Waals surface area contributed by atoms with Crippen LogP contribution in [0.2, 0.25) is 0 Å². The van der Waals surface area contributed by atoms with Crippen LogP contribution in [0, 0.1) is 0 Å². The molecule has 0 bridgehead atoms. The molecule has 1 aromatic heterocycles.